The van der Waals surface area contributed by atoms with E-state index in [0.717, 1.165) is 19.0 Å². The Balaban J connectivity index is 1.88. The molecule has 0 amide bonds. The van der Waals surface area contributed by atoms with Crippen molar-refractivity contribution in [3.63, 3.8) is 0 Å². The van der Waals surface area contributed by atoms with E-state index in [9.17, 15) is 0 Å². The van der Waals surface area contributed by atoms with Crippen molar-refractivity contribution in [3.05, 3.63) is 0 Å². The first-order valence-corrected chi connectivity index (χ1v) is 9.06. The summed E-state index contributed by atoms with van der Waals surface area (Å²) in [5.74, 6) is 2.00. The van der Waals surface area contributed by atoms with Gasteiger partial charge in [0.15, 0.2) is 5.17 Å². The molecule has 2 rings (SSSR count). The van der Waals surface area contributed by atoms with Gasteiger partial charge in [0.2, 0.25) is 0 Å². The molecule has 3 nitrogen and oxygen atoms in total. The molecule has 1 aliphatic carbocycles. The Morgan fingerprint density at radius 2 is 2.00 bits per heavy atom. The lowest BCUT2D eigenvalue weighted by Gasteiger charge is -2.33. The minimum Gasteiger partial charge on any atom is -0.361 e. The van der Waals surface area contributed by atoms with Crippen LogP contribution >= 0.6 is 11.8 Å². The Morgan fingerprint density at radius 3 is 2.50 bits per heavy atom. The number of nitrogens with one attached hydrogen (secondary N) is 1. The smallest absolute Gasteiger partial charge is 0.156 e. The predicted molar refractivity (Wildman–Crippen MR) is 90.6 cm³/mol. The summed E-state index contributed by atoms with van der Waals surface area (Å²) >= 11 is 1.96. The number of rotatable bonds is 5. The van der Waals surface area contributed by atoms with E-state index in [2.05, 4.69) is 38.2 Å². The fraction of sp³-hybridized carbons (Fsp3) is 0.938. The summed E-state index contributed by atoms with van der Waals surface area (Å²) in [6, 6.07) is 0.522. The number of hydrogen-bond acceptors (Lipinski definition) is 4. The van der Waals surface area contributed by atoms with Gasteiger partial charge in [-0.15, -0.1) is 0 Å². The van der Waals surface area contributed by atoms with E-state index in [1.165, 1.54) is 43.0 Å². The van der Waals surface area contributed by atoms with Crippen molar-refractivity contribution in [2.24, 2.45) is 16.3 Å². The zero-order chi connectivity index (χ0) is 14.6. The Kier molecular flexibility index (Phi) is 5.79. The van der Waals surface area contributed by atoms with E-state index in [4.69, 9.17) is 4.99 Å². The van der Waals surface area contributed by atoms with E-state index in [0.29, 0.717) is 11.5 Å². The van der Waals surface area contributed by atoms with Crippen LogP contribution in [0.5, 0.6) is 0 Å². The summed E-state index contributed by atoms with van der Waals surface area (Å²) in [5.41, 5.74) is 0.547. The summed E-state index contributed by atoms with van der Waals surface area (Å²) in [4.78, 5) is 7.14. The summed E-state index contributed by atoms with van der Waals surface area (Å²) in [5, 5.41) is 4.89. The van der Waals surface area contributed by atoms with Gasteiger partial charge in [-0.05, 0) is 44.7 Å². The molecule has 0 saturated heterocycles. The maximum absolute atomic E-state index is 4.87. The normalized spacial score (nSPS) is 23.4. The van der Waals surface area contributed by atoms with E-state index < -0.39 is 0 Å². The van der Waals surface area contributed by atoms with Crippen LogP contribution in [0.1, 0.15) is 46.0 Å². The van der Waals surface area contributed by atoms with Gasteiger partial charge in [-0.1, -0.05) is 38.5 Å². The zero-order valence-corrected chi connectivity index (χ0v) is 14.4. The second-order valence-corrected chi connectivity index (χ2v) is 8.31. The molecule has 116 valence electrons. The van der Waals surface area contributed by atoms with Gasteiger partial charge in [0, 0.05) is 24.9 Å². The van der Waals surface area contributed by atoms with Gasteiger partial charge >= 0.3 is 0 Å². The van der Waals surface area contributed by atoms with Crippen LogP contribution in [0.25, 0.3) is 0 Å². The third kappa shape index (κ3) is 4.66. The molecule has 1 spiro atoms. The number of nitrogens with zero attached hydrogens (tertiary/aromatic N) is 2. The molecule has 0 aromatic rings. The van der Waals surface area contributed by atoms with Crippen LogP contribution < -0.4 is 5.32 Å². The molecule has 1 atom stereocenters. The summed E-state index contributed by atoms with van der Waals surface area (Å²) in [7, 11) is 4.30. The van der Waals surface area contributed by atoms with Gasteiger partial charge < -0.3 is 10.2 Å². The lowest BCUT2D eigenvalue weighted by Crippen LogP contribution is -2.43. The molecule has 0 aromatic heterocycles. The van der Waals surface area contributed by atoms with E-state index in [-0.39, 0.29) is 0 Å². The van der Waals surface area contributed by atoms with E-state index in [1.54, 1.807) is 0 Å². The molecule has 1 unspecified atom stereocenters. The quantitative estimate of drug-likeness (QED) is 0.844. The maximum atomic E-state index is 4.87. The molecular weight excluding hydrogens is 266 g/mol. The van der Waals surface area contributed by atoms with E-state index in [1.807, 2.05) is 11.8 Å². The topological polar surface area (TPSA) is 27.6 Å². The number of likely N-dealkylation sites (N-methyl/N-ethyl adjacent to an activating group) is 1. The van der Waals surface area contributed by atoms with E-state index >= 15 is 0 Å². The highest BCUT2D eigenvalue weighted by Gasteiger charge is 2.36. The molecule has 20 heavy (non-hydrogen) atoms. The zero-order valence-electron chi connectivity index (χ0n) is 13.6. The summed E-state index contributed by atoms with van der Waals surface area (Å²) in [6.07, 6.45) is 6.82. The predicted octanol–water partition coefficient (Wildman–Crippen LogP) is 3.22. The molecule has 1 heterocycles. The van der Waals surface area contributed by atoms with Crippen molar-refractivity contribution in [3.8, 4) is 0 Å². The lowest BCUT2D eigenvalue weighted by molar-refractivity contribution is 0.326. The third-order valence-electron chi connectivity index (χ3n) is 4.41. The number of hydrogen-bond donors (Lipinski definition) is 1. The van der Waals surface area contributed by atoms with Gasteiger partial charge in [-0.3, -0.25) is 4.99 Å². The molecule has 0 radical (unpaired) electrons. The molecule has 1 aliphatic heterocycles. The van der Waals surface area contributed by atoms with Crippen LogP contribution in [-0.2, 0) is 0 Å². The second-order valence-electron chi connectivity index (χ2n) is 7.35. The molecule has 4 heteroatoms. The van der Waals surface area contributed by atoms with Crippen LogP contribution in [0.3, 0.4) is 0 Å². The van der Waals surface area contributed by atoms with Gasteiger partial charge in [0.05, 0.1) is 0 Å². The minimum atomic E-state index is 0.522. The Labute approximate surface area is 129 Å². The first kappa shape index (κ1) is 16.2. The van der Waals surface area contributed by atoms with Crippen LogP contribution in [-0.4, -0.2) is 49.0 Å². The lowest BCUT2D eigenvalue weighted by atomic mass is 9.89. The summed E-state index contributed by atoms with van der Waals surface area (Å²) < 4.78 is 0. The Bertz CT molecular complexity index is 323. The third-order valence-corrected chi connectivity index (χ3v) is 5.68. The van der Waals surface area contributed by atoms with Crippen molar-refractivity contribution in [1.29, 1.82) is 0 Å². The van der Waals surface area contributed by atoms with Gasteiger partial charge in [-0.2, -0.15) is 0 Å². The Hall–Kier alpha value is -0.220. The highest BCUT2D eigenvalue weighted by Crippen LogP contribution is 2.43. The second kappa shape index (κ2) is 7.17. The van der Waals surface area contributed by atoms with Crippen molar-refractivity contribution >= 4 is 16.9 Å². The minimum absolute atomic E-state index is 0.522. The van der Waals surface area contributed by atoms with Crippen molar-refractivity contribution in [2.75, 3.05) is 32.9 Å². The molecule has 1 fully saturated rings. The number of aliphatic imine (C=N–C) groups is 1. The average Bonchev–Trinajstić information content (AvgIpc) is 2.79. The summed E-state index contributed by atoms with van der Waals surface area (Å²) in [6.45, 7) is 6.74. The number of amidine groups is 1. The number of thioether (sulfide) groups is 1. The fourth-order valence-corrected chi connectivity index (χ4v) is 4.66. The highest BCUT2D eigenvalue weighted by molar-refractivity contribution is 8.13. The van der Waals surface area contributed by atoms with Gasteiger partial charge in [0.25, 0.3) is 0 Å². The first-order valence-electron chi connectivity index (χ1n) is 8.08. The van der Waals surface area contributed by atoms with Crippen LogP contribution in [0.4, 0.5) is 0 Å². The molecular formula is C16H31N3S. The van der Waals surface area contributed by atoms with Gasteiger partial charge in [-0.25, -0.2) is 0 Å². The van der Waals surface area contributed by atoms with Crippen molar-refractivity contribution < 1.29 is 0 Å². The molecule has 2 aliphatic rings. The monoisotopic (exact) mass is 297 g/mol. The standard InChI is InChI=1S/C16H31N3S/c1-13(2)9-14(10-19(3)4)18-15-17-11-16(12-20-15)7-5-6-8-16/h13-14H,5-12H2,1-4H3,(H,17,18). The average molecular weight is 298 g/mol. The SMILES string of the molecule is CC(C)CC(CN(C)C)NC1=NCC2(CCCC2)CS1. The van der Waals surface area contributed by atoms with Gasteiger partial charge in [0.1, 0.15) is 0 Å². The van der Waals surface area contributed by atoms with Crippen LogP contribution in [0.15, 0.2) is 4.99 Å². The van der Waals surface area contributed by atoms with Crippen LogP contribution in [0, 0.1) is 11.3 Å². The largest absolute Gasteiger partial charge is 0.361 e. The Morgan fingerprint density at radius 1 is 1.30 bits per heavy atom. The highest BCUT2D eigenvalue weighted by atomic mass is 32.2. The van der Waals surface area contributed by atoms with Crippen molar-refractivity contribution in [1.82, 2.24) is 10.2 Å². The molecule has 1 N–H and O–H groups in total. The first-order chi connectivity index (χ1) is 9.49. The van der Waals surface area contributed by atoms with Crippen molar-refractivity contribution in [2.45, 2.75) is 52.0 Å². The maximum Gasteiger partial charge on any atom is 0.156 e. The molecule has 0 aromatic carbocycles. The van der Waals surface area contributed by atoms with Crippen LogP contribution in [0.2, 0.25) is 0 Å². The molecule has 1 saturated carbocycles. The fourth-order valence-electron chi connectivity index (χ4n) is 3.43. The molecule has 0 bridgehead atoms.